The number of carboxylic acids is 1. The molecule has 11 heteroatoms. The molecular formula is C29H32N4O7. The van der Waals surface area contributed by atoms with Gasteiger partial charge in [0.25, 0.3) is 0 Å². The second kappa shape index (κ2) is 14.3. The van der Waals surface area contributed by atoms with Crippen molar-refractivity contribution in [2.75, 3.05) is 6.54 Å². The molecule has 0 aliphatic rings. The number of nitrogens with one attached hydrogen (secondary N) is 3. The summed E-state index contributed by atoms with van der Waals surface area (Å²) in [4.78, 5) is 50.2. The summed E-state index contributed by atoms with van der Waals surface area (Å²) < 4.78 is 0. The number of phenols is 2. The first kappa shape index (κ1) is 29.7. The molecule has 3 aromatic carbocycles. The van der Waals surface area contributed by atoms with E-state index < -0.39 is 48.4 Å². The molecule has 0 aromatic heterocycles. The standard InChI is InChI=1S/C29H32N4O7/c30-23(14-18-4-2-1-3-5-18)27(37)31-17-26(36)32-24(15-19-6-10-21(34)11-7-19)28(38)33-25(29(39)40)16-20-8-12-22(35)13-9-20/h1-13,23-25,34-35H,14-17,30H2,(H,31,37)(H,32,36)(H,33,38)(H,39,40). The quantitative estimate of drug-likeness (QED) is 0.162. The molecule has 210 valence electrons. The predicted octanol–water partition coefficient (Wildman–Crippen LogP) is 0.623. The number of nitrogens with two attached hydrogens (primary N) is 1. The minimum absolute atomic E-state index is 0.00906. The fourth-order valence-corrected chi connectivity index (χ4v) is 3.92. The number of benzene rings is 3. The van der Waals surface area contributed by atoms with Gasteiger partial charge in [-0.05, 0) is 47.4 Å². The lowest BCUT2D eigenvalue weighted by Crippen LogP contribution is -2.55. The van der Waals surface area contributed by atoms with E-state index in [2.05, 4.69) is 16.0 Å². The zero-order valence-electron chi connectivity index (χ0n) is 21.6. The van der Waals surface area contributed by atoms with Crippen molar-refractivity contribution in [2.45, 2.75) is 37.4 Å². The van der Waals surface area contributed by atoms with Gasteiger partial charge in [-0.2, -0.15) is 0 Å². The van der Waals surface area contributed by atoms with Crippen LogP contribution in [0.5, 0.6) is 11.5 Å². The number of phenolic OH excluding ortho intramolecular Hbond substituents is 2. The summed E-state index contributed by atoms with van der Waals surface area (Å²) in [5, 5.41) is 36.2. The summed E-state index contributed by atoms with van der Waals surface area (Å²) in [5.74, 6) is -3.22. The lowest BCUT2D eigenvalue weighted by atomic mass is 10.0. The number of rotatable bonds is 13. The Bertz CT molecular complexity index is 1300. The minimum Gasteiger partial charge on any atom is -0.508 e. The Kier molecular flexibility index (Phi) is 10.6. The maximum atomic E-state index is 13.2. The molecule has 0 bridgehead atoms. The Morgan fingerprint density at radius 1 is 0.650 bits per heavy atom. The van der Waals surface area contributed by atoms with Gasteiger partial charge in [0.1, 0.15) is 23.6 Å². The molecule has 0 radical (unpaired) electrons. The van der Waals surface area contributed by atoms with E-state index in [0.29, 0.717) is 11.1 Å². The fourth-order valence-electron chi connectivity index (χ4n) is 3.92. The van der Waals surface area contributed by atoms with Crippen LogP contribution in [-0.4, -0.2) is 63.7 Å². The molecule has 40 heavy (non-hydrogen) atoms. The number of hydrogen-bond acceptors (Lipinski definition) is 7. The van der Waals surface area contributed by atoms with Crippen molar-refractivity contribution in [3.8, 4) is 11.5 Å². The number of amides is 3. The van der Waals surface area contributed by atoms with Gasteiger partial charge in [-0.25, -0.2) is 4.79 Å². The van der Waals surface area contributed by atoms with E-state index in [0.717, 1.165) is 5.56 Å². The van der Waals surface area contributed by atoms with E-state index in [9.17, 15) is 34.5 Å². The molecule has 0 fully saturated rings. The van der Waals surface area contributed by atoms with Crippen LogP contribution in [0.4, 0.5) is 0 Å². The summed E-state index contributed by atoms with van der Waals surface area (Å²) in [6, 6.07) is 17.6. The highest BCUT2D eigenvalue weighted by atomic mass is 16.4. The second-order valence-corrected chi connectivity index (χ2v) is 9.27. The molecule has 3 atom stereocenters. The van der Waals surface area contributed by atoms with Crippen molar-refractivity contribution < 1.29 is 34.5 Å². The number of aromatic hydroxyl groups is 2. The van der Waals surface area contributed by atoms with Crippen LogP contribution in [0, 0.1) is 0 Å². The molecule has 0 heterocycles. The molecule has 3 unspecified atom stereocenters. The van der Waals surface area contributed by atoms with Gasteiger partial charge in [0, 0.05) is 12.8 Å². The predicted molar refractivity (Wildman–Crippen MR) is 146 cm³/mol. The topological polar surface area (TPSA) is 191 Å². The van der Waals surface area contributed by atoms with Crippen molar-refractivity contribution in [2.24, 2.45) is 5.73 Å². The van der Waals surface area contributed by atoms with Crippen LogP contribution in [0.3, 0.4) is 0 Å². The van der Waals surface area contributed by atoms with Gasteiger partial charge in [0.05, 0.1) is 12.6 Å². The molecule has 3 rings (SSSR count). The van der Waals surface area contributed by atoms with Crippen molar-refractivity contribution in [1.29, 1.82) is 0 Å². The monoisotopic (exact) mass is 548 g/mol. The van der Waals surface area contributed by atoms with Crippen molar-refractivity contribution >= 4 is 23.7 Å². The first-order valence-electron chi connectivity index (χ1n) is 12.6. The molecule has 3 aromatic rings. The first-order chi connectivity index (χ1) is 19.1. The molecule has 0 saturated heterocycles. The lowest BCUT2D eigenvalue weighted by molar-refractivity contribution is -0.142. The summed E-state index contributed by atoms with van der Waals surface area (Å²) in [5.41, 5.74) is 7.98. The van der Waals surface area contributed by atoms with Gasteiger partial charge in [0.15, 0.2) is 0 Å². The molecule has 11 nitrogen and oxygen atoms in total. The van der Waals surface area contributed by atoms with Crippen LogP contribution in [0.1, 0.15) is 16.7 Å². The molecule has 0 spiro atoms. The van der Waals surface area contributed by atoms with Crippen molar-refractivity contribution in [3.63, 3.8) is 0 Å². The fraction of sp³-hybridized carbons (Fsp3) is 0.241. The van der Waals surface area contributed by atoms with Gasteiger partial charge in [-0.15, -0.1) is 0 Å². The number of carbonyl (C=O) groups is 4. The lowest BCUT2D eigenvalue weighted by Gasteiger charge is -2.22. The van der Waals surface area contributed by atoms with Gasteiger partial charge in [-0.3, -0.25) is 14.4 Å². The third-order valence-corrected chi connectivity index (χ3v) is 6.08. The molecule has 0 aliphatic heterocycles. The minimum atomic E-state index is -1.31. The van der Waals surface area contributed by atoms with Gasteiger partial charge in [-0.1, -0.05) is 54.6 Å². The Morgan fingerprint density at radius 3 is 1.68 bits per heavy atom. The van der Waals surface area contributed by atoms with E-state index in [1.807, 2.05) is 30.3 Å². The Morgan fingerprint density at radius 2 is 1.15 bits per heavy atom. The summed E-state index contributed by atoms with van der Waals surface area (Å²) >= 11 is 0. The van der Waals surface area contributed by atoms with E-state index in [4.69, 9.17) is 5.73 Å². The highest BCUT2D eigenvalue weighted by Crippen LogP contribution is 2.13. The summed E-state index contributed by atoms with van der Waals surface area (Å²) in [6.07, 6.45) is 0.208. The van der Waals surface area contributed by atoms with E-state index >= 15 is 0 Å². The Balaban J connectivity index is 1.65. The van der Waals surface area contributed by atoms with E-state index in [1.54, 1.807) is 12.1 Å². The smallest absolute Gasteiger partial charge is 0.326 e. The maximum absolute atomic E-state index is 13.2. The Labute approximate surface area is 231 Å². The van der Waals surface area contributed by atoms with Gasteiger partial charge in [0.2, 0.25) is 17.7 Å². The number of carboxylic acid groups (broad SMARTS) is 1. The second-order valence-electron chi connectivity index (χ2n) is 9.27. The third kappa shape index (κ3) is 9.44. The van der Waals surface area contributed by atoms with Crippen LogP contribution in [0.25, 0.3) is 0 Å². The van der Waals surface area contributed by atoms with Crippen LogP contribution in [-0.2, 0) is 38.4 Å². The number of hydrogen-bond donors (Lipinski definition) is 7. The highest BCUT2D eigenvalue weighted by molar-refractivity contribution is 5.92. The van der Waals surface area contributed by atoms with Crippen LogP contribution < -0.4 is 21.7 Å². The summed E-state index contributed by atoms with van der Waals surface area (Å²) in [6.45, 7) is -0.448. The van der Waals surface area contributed by atoms with Crippen LogP contribution >= 0.6 is 0 Å². The van der Waals surface area contributed by atoms with Crippen molar-refractivity contribution in [3.05, 3.63) is 95.6 Å². The Hall–Kier alpha value is -4.90. The van der Waals surface area contributed by atoms with Crippen molar-refractivity contribution in [1.82, 2.24) is 16.0 Å². The zero-order valence-corrected chi connectivity index (χ0v) is 21.6. The number of carbonyl (C=O) groups excluding carboxylic acids is 3. The first-order valence-corrected chi connectivity index (χ1v) is 12.6. The van der Waals surface area contributed by atoms with E-state index in [-0.39, 0.29) is 30.8 Å². The van der Waals surface area contributed by atoms with Crippen LogP contribution in [0.15, 0.2) is 78.9 Å². The summed E-state index contributed by atoms with van der Waals surface area (Å²) in [7, 11) is 0. The molecule has 8 N–H and O–H groups in total. The highest BCUT2D eigenvalue weighted by Gasteiger charge is 2.27. The van der Waals surface area contributed by atoms with Gasteiger partial charge < -0.3 is 37.0 Å². The average Bonchev–Trinajstić information content (AvgIpc) is 2.93. The molecular weight excluding hydrogens is 516 g/mol. The zero-order chi connectivity index (χ0) is 29.1. The SMILES string of the molecule is NC(Cc1ccccc1)C(=O)NCC(=O)NC(Cc1ccc(O)cc1)C(=O)NC(Cc1ccc(O)cc1)C(=O)O. The molecule has 0 saturated carbocycles. The van der Waals surface area contributed by atoms with E-state index in [1.165, 1.54) is 36.4 Å². The van der Waals surface area contributed by atoms with Gasteiger partial charge >= 0.3 is 5.97 Å². The average molecular weight is 549 g/mol. The maximum Gasteiger partial charge on any atom is 0.326 e. The molecule has 3 amide bonds. The normalized spacial score (nSPS) is 12.9. The third-order valence-electron chi connectivity index (χ3n) is 6.08. The molecule has 0 aliphatic carbocycles. The largest absolute Gasteiger partial charge is 0.508 e. The number of aliphatic carboxylic acids is 1. The van der Waals surface area contributed by atoms with Crippen LogP contribution in [0.2, 0.25) is 0 Å².